The molecule has 0 bridgehead atoms. The molecule has 0 spiro atoms. The quantitative estimate of drug-likeness (QED) is 0.205. The van der Waals surface area contributed by atoms with E-state index in [9.17, 15) is 5.11 Å². The molecule has 0 amide bonds. The fraction of sp³-hybridized carbons (Fsp3) is 0.150. The average molecular weight is 562 g/mol. The van der Waals surface area contributed by atoms with E-state index in [1.54, 1.807) is 0 Å². The average Bonchev–Trinajstić information content (AvgIpc) is 3.04. The summed E-state index contributed by atoms with van der Waals surface area (Å²) in [6.07, 6.45) is 2.09. The number of anilines is 3. The highest BCUT2D eigenvalue weighted by Gasteiger charge is 2.38. The predicted octanol–water partition coefficient (Wildman–Crippen LogP) is 10.2. The van der Waals surface area contributed by atoms with E-state index in [1.807, 2.05) is 31.2 Å². The highest BCUT2D eigenvalue weighted by molar-refractivity contribution is 6.04. The summed E-state index contributed by atoms with van der Waals surface area (Å²) in [6, 6.07) is 43.1. The molecule has 1 heterocycles. The summed E-state index contributed by atoms with van der Waals surface area (Å²) >= 11 is 0. The van der Waals surface area contributed by atoms with Crippen molar-refractivity contribution in [1.29, 1.82) is 0 Å². The van der Waals surface area contributed by atoms with Crippen molar-refractivity contribution in [2.24, 2.45) is 0 Å². The Morgan fingerprint density at radius 3 is 2.28 bits per heavy atom. The van der Waals surface area contributed by atoms with Crippen molar-refractivity contribution >= 4 is 44.7 Å². The maximum atomic E-state index is 9.65. The van der Waals surface area contributed by atoms with Crippen molar-refractivity contribution < 1.29 is 9.84 Å². The van der Waals surface area contributed by atoms with Gasteiger partial charge in [-0.25, -0.2) is 0 Å². The second kappa shape index (κ2) is 10.8. The van der Waals surface area contributed by atoms with Crippen molar-refractivity contribution in [3.05, 3.63) is 155 Å². The normalized spacial score (nSPS) is 14.0. The van der Waals surface area contributed by atoms with E-state index in [2.05, 4.69) is 122 Å². The van der Waals surface area contributed by atoms with E-state index in [-0.39, 0.29) is 12.0 Å². The Hall–Kier alpha value is -4.86. The molecule has 0 saturated carbocycles. The molecule has 0 atom stereocenters. The maximum absolute atomic E-state index is 9.65. The summed E-state index contributed by atoms with van der Waals surface area (Å²) in [5, 5.41) is 14.6. The van der Waals surface area contributed by atoms with Crippen LogP contribution in [0.4, 0.5) is 17.1 Å². The molecule has 0 saturated heterocycles. The van der Waals surface area contributed by atoms with E-state index >= 15 is 0 Å². The molecule has 43 heavy (non-hydrogen) atoms. The summed E-state index contributed by atoms with van der Waals surface area (Å²) in [7, 11) is 0. The van der Waals surface area contributed by atoms with Gasteiger partial charge in [-0.1, -0.05) is 111 Å². The fourth-order valence-electron chi connectivity index (χ4n) is 6.71. The molecule has 0 aromatic heterocycles. The summed E-state index contributed by atoms with van der Waals surface area (Å²) in [5.41, 5.74) is 9.10. The second-order valence-corrected chi connectivity index (χ2v) is 11.9. The lowest BCUT2D eigenvalue weighted by atomic mass is 9.71. The van der Waals surface area contributed by atoms with Crippen molar-refractivity contribution in [1.82, 2.24) is 0 Å². The summed E-state index contributed by atoms with van der Waals surface area (Å²) < 4.78 is 6.09. The van der Waals surface area contributed by atoms with Crippen LogP contribution >= 0.6 is 0 Å². The monoisotopic (exact) mass is 561 g/mol. The number of hydrogen-bond acceptors (Lipinski definition) is 3. The van der Waals surface area contributed by atoms with Crippen LogP contribution in [-0.2, 0) is 23.4 Å². The van der Waals surface area contributed by atoms with Crippen molar-refractivity contribution in [3.63, 3.8) is 0 Å². The number of nitrogens with zero attached hydrogens (tertiary/aromatic N) is 1. The van der Waals surface area contributed by atoms with Crippen LogP contribution in [0.5, 0.6) is 0 Å². The summed E-state index contributed by atoms with van der Waals surface area (Å²) in [5.74, 6) is 0.835. The van der Waals surface area contributed by atoms with Crippen LogP contribution in [0.25, 0.3) is 27.6 Å². The number of aliphatic hydroxyl groups is 1. The molecular formula is C40H35NO2. The molecule has 0 aliphatic carbocycles. The topological polar surface area (TPSA) is 32.7 Å². The zero-order chi connectivity index (χ0) is 29.6. The smallest absolute Gasteiger partial charge is 0.113 e. The molecule has 7 rings (SSSR count). The molecule has 0 radical (unpaired) electrons. The van der Waals surface area contributed by atoms with Gasteiger partial charge in [-0.2, -0.15) is 0 Å². The Bertz CT molecular complexity index is 2010. The minimum Gasteiger partial charge on any atom is -0.494 e. The van der Waals surface area contributed by atoms with E-state index in [1.165, 1.54) is 49.7 Å². The highest BCUT2D eigenvalue weighted by atomic mass is 16.5. The van der Waals surface area contributed by atoms with Gasteiger partial charge >= 0.3 is 0 Å². The molecule has 1 aliphatic heterocycles. The third-order valence-corrected chi connectivity index (χ3v) is 8.83. The van der Waals surface area contributed by atoms with Gasteiger partial charge in [0.1, 0.15) is 6.61 Å². The highest BCUT2D eigenvalue weighted by Crippen LogP contribution is 2.54. The molecule has 0 unspecified atom stereocenters. The van der Waals surface area contributed by atoms with Gasteiger partial charge in [-0.3, -0.25) is 0 Å². The van der Waals surface area contributed by atoms with Crippen LogP contribution in [0.15, 0.2) is 127 Å². The Morgan fingerprint density at radius 1 is 0.698 bits per heavy atom. The van der Waals surface area contributed by atoms with Gasteiger partial charge in [0.25, 0.3) is 0 Å². The van der Waals surface area contributed by atoms with Crippen LogP contribution in [0, 0.1) is 0 Å². The standard InChI is InChI=1S/C40H35NO2/c1-27(43-26-32-13-5-4-12-31(32)25-42)23-28-19-21-34-30(24-28)20-22-38-39(34)40(2,3)35-16-8-9-17-37(35)41(38)36-18-10-14-29-11-6-7-15-33(29)36/h4-24,42H,25-26H2,1-3H3. The zero-order valence-electron chi connectivity index (χ0n) is 24.8. The molecule has 212 valence electrons. The summed E-state index contributed by atoms with van der Waals surface area (Å²) in [4.78, 5) is 2.45. The van der Waals surface area contributed by atoms with E-state index in [4.69, 9.17) is 4.74 Å². The summed E-state index contributed by atoms with van der Waals surface area (Å²) in [6.45, 7) is 7.12. The first-order chi connectivity index (χ1) is 21.0. The lowest BCUT2D eigenvalue weighted by Gasteiger charge is -2.43. The Morgan fingerprint density at radius 2 is 1.42 bits per heavy atom. The Kier molecular flexibility index (Phi) is 6.76. The number of hydrogen-bond donors (Lipinski definition) is 1. The second-order valence-electron chi connectivity index (χ2n) is 11.9. The lowest BCUT2D eigenvalue weighted by Crippen LogP contribution is -2.31. The van der Waals surface area contributed by atoms with Crippen molar-refractivity contribution in [2.75, 3.05) is 4.90 Å². The fourth-order valence-corrected chi connectivity index (χ4v) is 6.71. The number of fused-ring (bicyclic) bond motifs is 5. The van der Waals surface area contributed by atoms with E-state index < -0.39 is 0 Å². The minimum absolute atomic E-state index is 0.00996. The Balaban J connectivity index is 1.32. The molecule has 1 aliphatic rings. The number of ether oxygens (including phenoxy) is 1. The Labute approximate surface area is 253 Å². The largest absolute Gasteiger partial charge is 0.494 e. The lowest BCUT2D eigenvalue weighted by molar-refractivity contribution is 0.199. The van der Waals surface area contributed by atoms with Crippen molar-refractivity contribution in [2.45, 2.75) is 39.4 Å². The van der Waals surface area contributed by atoms with Crippen LogP contribution in [0.3, 0.4) is 0 Å². The first-order valence-electron chi connectivity index (χ1n) is 14.9. The van der Waals surface area contributed by atoms with Gasteiger partial charge in [-0.15, -0.1) is 0 Å². The molecule has 6 aromatic carbocycles. The molecule has 0 fully saturated rings. The number of rotatable bonds is 6. The van der Waals surface area contributed by atoms with Gasteiger partial charge in [0, 0.05) is 10.8 Å². The van der Waals surface area contributed by atoms with Gasteiger partial charge in [0.05, 0.1) is 29.4 Å². The van der Waals surface area contributed by atoms with Crippen molar-refractivity contribution in [3.8, 4) is 0 Å². The number of para-hydroxylation sites is 1. The minimum atomic E-state index is -0.191. The first-order valence-corrected chi connectivity index (χ1v) is 14.9. The van der Waals surface area contributed by atoms with E-state index in [0.717, 1.165) is 22.4 Å². The molecule has 3 nitrogen and oxygen atoms in total. The number of aliphatic hydroxyl groups excluding tert-OH is 1. The molecular weight excluding hydrogens is 526 g/mol. The first kappa shape index (κ1) is 27.0. The SMILES string of the molecule is CC(=Cc1ccc2c3c(ccc2c1)N(c1cccc2ccccc12)c1ccccc1C3(C)C)OCc1ccccc1CO. The van der Waals surface area contributed by atoms with Gasteiger partial charge in [0.2, 0.25) is 0 Å². The third-order valence-electron chi connectivity index (χ3n) is 8.83. The van der Waals surface area contributed by atoms with E-state index in [0.29, 0.717) is 6.61 Å². The molecule has 3 heteroatoms. The van der Waals surface area contributed by atoms with Gasteiger partial charge < -0.3 is 14.7 Å². The maximum Gasteiger partial charge on any atom is 0.113 e. The van der Waals surface area contributed by atoms with Crippen LogP contribution in [0.1, 0.15) is 48.6 Å². The molecule has 1 N–H and O–H groups in total. The van der Waals surface area contributed by atoms with Gasteiger partial charge in [0.15, 0.2) is 0 Å². The van der Waals surface area contributed by atoms with Crippen LogP contribution < -0.4 is 4.90 Å². The number of allylic oxidation sites excluding steroid dienone is 1. The predicted molar refractivity (Wildman–Crippen MR) is 179 cm³/mol. The van der Waals surface area contributed by atoms with Crippen LogP contribution in [-0.4, -0.2) is 5.11 Å². The third kappa shape index (κ3) is 4.67. The molecule has 6 aromatic rings. The van der Waals surface area contributed by atoms with Crippen LogP contribution in [0.2, 0.25) is 0 Å². The zero-order valence-corrected chi connectivity index (χ0v) is 24.8. The van der Waals surface area contributed by atoms with Gasteiger partial charge in [-0.05, 0) is 81.2 Å². The number of benzene rings is 6.